The zero-order chi connectivity index (χ0) is 14.9. The Bertz CT molecular complexity index is 620. The maximum absolute atomic E-state index is 13.7. The van der Waals surface area contributed by atoms with Crippen molar-refractivity contribution in [2.45, 2.75) is 23.6 Å². The molecule has 1 aliphatic heterocycles. The van der Waals surface area contributed by atoms with Crippen LogP contribution in [0.15, 0.2) is 23.1 Å². The van der Waals surface area contributed by atoms with Gasteiger partial charge in [0, 0.05) is 18.7 Å². The number of aliphatic hydroxyl groups is 1. The average Bonchev–Trinajstić information content (AvgIpc) is 2.42. The number of piperidine rings is 1. The first-order valence-corrected chi connectivity index (χ1v) is 7.37. The van der Waals surface area contributed by atoms with Crippen LogP contribution in [0.25, 0.3) is 0 Å². The fourth-order valence-corrected chi connectivity index (χ4v) is 3.58. The molecule has 110 valence electrons. The van der Waals surface area contributed by atoms with Crippen LogP contribution in [0.4, 0.5) is 8.78 Å². The van der Waals surface area contributed by atoms with E-state index in [1.165, 1.54) is 0 Å². The highest BCUT2D eigenvalue weighted by Crippen LogP contribution is 2.24. The van der Waals surface area contributed by atoms with Gasteiger partial charge in [0.15, 0.2) is 0 Å². The number of sulfonamides is 1. The Morgan fingerprint density at radius 2 is 2.10 bits per heavy atom. The van der Waals surface area contributed by atoms with Crippen LogP contribution in [-0.4, -0.2) is 49.5 Å². The predicted octanol–water partition coefficient (Wildman–Crippen LogP) is 0.732. The van der Waals surface area contributed by atoms with Crippen molar-refractivity contribution in [2.24, 2.45) is 0 Å². The Kier molecular flexibility index (Phi) is 4.17. The molecule has 2 atom stereocenters. The smallest absolute Gasteiger partial charge is 0.246 e. The molecule has 5 nitrogen and oxygen atoms in total. The Morgan fingerprint density at radius 3 is 2.70 bits per heavy atom. The summed E-state index contributed by atoms with van der Waals surface area (Å²) in [5, 5.41) is 9.25. The Hall–Kier alpha value is -1.38. The van der Waals surface area contributed by atoms with Gasteiger partial charge in [-0.3, -0.25) is 4.79 Å². The van der Waals surface area contributed by atoms with Gasteiger partial charge in [0.25, 0.3) is 0 Å². The van der Waals surface area contributed by atoms with E-state index in [0.29, 0.717) is 6.29 Å². The van der Waals surface area contributed by atoms with E-state index in [-0.39, 0.29) is 18.5 Å². The monoisotopic (exact) mass is 305 g/mol. The molecular weight excluding hydrogens is 292 g/mol. The molecule has 20 heavy (non-hydrogen) atoms. The van der Waals surface area contributed by atoms with Crippen molar-refractivity contribution in [3.05, 3.63) is 29.6 Å². The first-order valence-electron chi connectivity index (χ1n) is 5.93. The van der Waals surface area contributed by atoms with Crippen molar-refractivity contribution in [1.82, 2.24) is 4.31 Å². The lowest BCUT2D eigenvalue weighted by atomic mass is 10.1. The lowest BCUT2D eigenvalue weighted by Gasteiger charge is -2.31. The summed E-state index contributed by atoms with van der Waals surface area (Å²) in [6.45, 7) is -0.636. The van der Waals surface area contributed by atoms with Gasteiger partial charge in [-0.2, -0.15) is 4.31 Å². The van der Waals surface area contributed by atoms with E-state index in [2.05, 4.69) is 0 Å². The number of hydrogen-bond donors (Lipinski definition) is 1. The van der Waals surface area contributed by atoms with Gasteiger partial charge in [-0.05, 0) is 24.6 Å². The van der Waals surface area contributed by atoms with E-state index in [9.17, 15) is 27.1 Å². The minimum absolute atomic E-state index is 0.0128. The predicted molar refractivity (Wildman–Crippen MR) is 66.1 cm³/mol. The van der Waals surface area contributed by atoms with E-state index in [1.807, 2.05) is 0 Å². The van der Waals surface area contributed by atoms with Crippen LogP contribution in [0.3, 0.4) is 0 Å². The third kappa shape index (κ3) is 2.72. The summed E-state index contributed by atoms with van der Waals surface area (Å²) < 4.78 is 52.4. The molecule has 1 aliphatic rings. The quantitative estimate of drug-likeness (QED) is 0.836. The minimum Gasteiger partial charge on any atom is -0.390 e. The zero-order valence-electron chi connectivity index (χ0n) is 10.4. The Morgan fingerprint density at radius 1 is 1.40 bits per heavy atom. The maximum atomic E-state index is 13.7. The summed E-state index contributed by atoms with van der Waals surface area (Å²) in [7, 11) is -4.23. The van der Waals surface area contributed by atoms with Crippen LogP contribution < -0.4 is 0 Å². The Labute approximate surface area is 114 Å². The average molecular weight is 305 g/mol. The maximum Gasteiger partial charge on any atom is 0.246 e. The molecule has 1 fully saturated rings. The molecule has 1 aromatic rings. The van der Waals surface area contributed by atoms with Gasteiger partial charge in [-0.25, -0.2) is 17.2 Å². The molecule has 2 rings (SSSR count). The van der Waals surface area contributed by atoms with Gasteiger partial charge in [0.05, 0.1) is 6.10 Å². The van der Waals surface area contributed by atoms with Gasteiger partial charge in [0.2, 0.25) is 10.0 Å². The fourth-order valence-electron chi connectivity index (χ4n) is 2.01. The highest BCUT2D eigenvalue weighted by atomic mass is 32.2. The van der Waals surface area contributed by atoms with Crippen molar-refractivity contribution in [2.75, 3.05) is 13.1 Å². The van der Waals surface area contributed by atoms with Crippen LogP contribution in [0.2, 0.25) is 0 Å². The Balaban J connectivity index is 2.38. The molecule has 0 aromatic heterocycles. The summed E-state index contributed by atoms with van der Waals surface area (Å²) in [5.74, 6) is -1.00. The lowest BCUT2D eigenvalue weighted by molar-refractivity contribution is 0.0303. The molecule has 0 bridgehead atoms. The number of aldehydes is 1. The summed E-state index contributed by atoms with van der Waals surface area (Å²) in [6.07, 6.45) is -2.59. The van der Waals surface area contributed by atoms with Crippen molar-refractivity contribution >= 4 is 16.3 Å². The van der Waals surface area contributed by atoms with Gasteiger partial charge in [0.1, 0.15) is 23.2 Å². The number of carbonyl (C=O) groups is 1. The van der Waals surface area contributed by atoms with E-state index < -0.39 is 39.6 Å². The number of hydrogen-bond acceptors (Lipinski definition) is 4. The van der Waals surface area contributed by atoms with Crippen molar-refractivity contribution in [3.8, 4) is 0 Å². The summed E-state index contributed by atoms with van der Waals surface area (Å²) in [6, 6.07) is 2.94. The number of aliphatic hydroxyl groups excluding tert-OH is 1. The van der Waals surface area contributed by atoms with Gasteiger partial charge < -0.3 is 5.11 Å². The fraction of sp³-hybridized carbons (Fsp3) is 0.417. The molecule has 1 heterocycles. The number of benzene rings is 1. The first-order chi connectivity index (χ1) is 9.36. The van der Waals surface area contributed by atoms with Crippen LogP contribution in [0.5, 0.6) is 0 Å². The molecule has 0 radical (unpaired) electrons. The lowest BCUT2D eigenvalue weighted by Crippen LogP contribution is -2.47. The SMILES string of the molecule is O=Cc1ccc(F)c(S(=O)(=O)N2CCC(O)C(F)C2)c1. The topological polar surface area (TPSA) is 74.7 Å². The largest absolute Gasteiger partial charge is 0.390 e. The highest BCUT2D eigenvalue weighted by Gasteiger charge is 2.36. The van der Waals surface area contributed by atoms with E-state index in [4.69, 9.17) is 0 Å². The van der Waals surface area contributed by atoms with Crippen molar-refractivity contribution < 1.29 is 27.1 Å². The zero-order valence-corrected chi connectivity index (χ0v) is 11.2. The number of nitrogens with zero attached hydrogens (tertiary/aromatic N) is 1. The summed E-state index contributed by atoms with van der Waals surface area (Å²) in [4.78, 5) is 9.98. The molecule has 1 aromatic carbocycles. The first kappa shape index (κ1) is 15.0. The number of rotatable bonds is 3. The summed E-state index contributed by atoms with van der Waals surface area (Å²) >= 11 is 0. The van der Waals surface area contributed by atoms with E-state index in [0.717, 1.165) is 22.5 Å². The second kappa shape index (κ2) is 5.55. The third-order valence-electron chi connectivity index (χ3n) is 3.18. The molecule has 8 heteroatoms. The van der Waals surface area contributed by atoms with E-state index in [1.54, 1.807) is 0 Å². The summed E-state index contributed by atoms with van der Waals surface area (Å²) in [5.41, 5.74) is 0.0128. The number of carbonyl (C=O) groups excluding carboxylic acids is 1. The normalized spacial score (nSPS) is 24.6. The molecule has 1 N–H and O–H groups in total. The molecular formula is C12H13F2NO4S. The standard InChI is InChI=1S/C12H13F2NO4S/c13-9-2-1-8(7-16)5-12(9)20(18,19)15-4-3-11(17)10(14)6-15/h1-2,5,7,10-11,17H,3-4,6H2. The number of halogens is 2. The van der Waals surface area contributed by atoms with Crippen LogP contribution >= 0.6 is 0 Å². The number of alkyl halides is 1. The van der Waals surface area contributed by atoms with Crippen LogP contribution in [0, 0.1) is 5.82 Å². The minimum atomic E-state index is -4.23. The molecule has 0 aliphatic carbocycles. The van der Waals surface area contributed by atoms with Crippen LogP contribution in [0.1, 0.15) is 16.8 Å². The molecule has 0 spiro atoms. The molecule has 0 amide bonds. The van der Waals surface area contributed by atoms with Crippen molar-refractivity contribution in [1.29, 1.82) is 0 Å². The van der Waals surface area contributed by atoms with Gasteiger partial charge in [-0.1, -0.05) is 0 Å². The van der Waals surface area contributed by atoms with Crippen LogP contribution in [-0.2, 0) is 10.0 Å². The highest BCUT2D eigenvalue weighted by molar-refractivity contribution is 7.89. The van der Waals surface area contributed by atoms with Crippen molar-refractivity contribution in [3.63, 3.8) is 0 Å². The molecule has 2 unspecified atom stereocenters. The molecule has 0 saturated carbocycles. The van der Waals surface area contributed by atoms with E-state index >= 15 is 0 Å². The second-order valence-corrected chi connectivity index (χ2v) is 6.45. The molecule has 1 saturated heterocycles. The third-order valence-corrected chi connectivity index (χ3v) is 5.06. The van der Waals surface area contributed by atoms with Gasteiger partial charge in [-0.15, -0.1) is 0 Å². The second-order valence-electron chi connectivity index (χ2n) is 4.54. The van der Waals surface area contributed by atoms with Gasteiger partial charge >= 0.3 is 0 Å².